The highest BCUT2D eigenvalue weighted by atomic mass is 16.6. The van der Waals surface area contributed by atoms with Crippen LogP contribution in [0.3, 0.4) is 0 Å². The van der Waals surface area contributed by atoms with Gasteiger partial charge in [-0.15, -0.1) is 0 Å². The van der Waals surface area contributed by atoms with Gasteiger partial charge in [0.15, 0.2) is 0 Å². The van der Waals surface area contributed by atoms with Crippen LogP contribution >= 0.6 is 0 Å². The van der Waals surface area contributed by atoms with Gasteiger partial charge in [0.25, 0.3) is 0 Å². The predicted molar refractivity (Wildman–Crippen MR) is 213 cm³/mol. The van der Waals surface area contributed by atoms with Crippen molar-refractivity contribution in [2.45, 2.75) is 64.2 Å². The van der Waals surface area contributed by atoms with Crippen molar-refractivity contribution in [1.82, 2.24) is 0 Å². The summed E-state index contributed by atoms with van der Waals surface area (Å²) >= 11 is 0. The van der Waals surface area contributed by atoms with Gasteiger partial charge in [0, 0.05) is 12.2 Å². The molecule has 0 N–H and O–H groups in total. The maximum absolute atomic E-state index is 13.1. The minimum Gasteiger partial charge on any atom is -0.494 e. The lowest BCUT2D eigenvalue weighted by molar-refractivity contribution is -0.145. The summed E-state index contributed by atoms with van der Waals surface area (Å²) in [6.45, 7) is 8.24. The van der Waals surface area contributed by atoms with Crippen LogP contribution in [0, 0.1) is 11.8 Å². The second-order valence-electron chi connectivity index (χ2n) is 13.5. The molecule has 0 spiro atoms. The van der Waals surface area contributed by atoms with Crippen molar-refractivity contribution in [1.29, 1.82) is 0 Å². The molecule has 59 heavy (non-hydrogen) atoms. The monoisotopic (exact) mass is 814 g/mol. The Morgan fingerprint density at radius 1 is 0.542 bits per heavy atom. The first-order chi connectivity index (χ1) is 28.6. The minimum absolute atomic E-state index is 0.0632. The van der Waals surface area contributed by atoms with Gasteiger partial charge < -0.3 is 37.9 Å². The molecule has 3 aromatic rings. The summed E-state index contributed by atoms with van der Waals surface area (Å²) in [6, 6.07) is 17.1. The van der Waals surface area contributed by atoms with Gasteiger partial charge in [-0.3, -0.25) is 9.59 Å². The van der Waals surface area contributed by atoms with E-state index in [-0.39, 0.29) is 41.1 Å². The van der Waals surface area contributed by atoms with E-state index in [2.05, 4.69) is 13.2 Å². The summed E-state index contributed by atoms with van der Waals surface area (Å²) < 4.78 is 42.9. The van der Waals surface area contributed by atoms with E-state index in [4.69, 9.17) is 37.9 Å². The fraction of sp³-hybridized carbons (Fsp3) is 0.378. The molecule has 4 rings (SSSR count). The Hall–Kier alpha value is -6.44. The van der Waals surface area contributed by atoms with Crippen LogP contribution in [0.2, 0.25) is 0 Å². The number of hydrogen-bond acceptors (Lipinski definition) is 14. The highest BCUT2D eigenvalue weighted by Crippen LogP contribution is 2.33. The lowest BCUT2D eigenvalue weighted by atomic mass is 9.82. The van der Waals surface area contributed by atoms with Crippen LogP contribution < -0.4 is 23.7 Å². The molecule has 1 aliphatic carbocycles. The fourth-order valence-corrected chi connectivity index (χ4v) is 5.95. The van der Waals surface area contributed by atoms with Crippen LogP contribution in [-0.2, 0) is 33.4 Å². The number of methoxy groups -OCH3 is 1. The lowest BCUT2D eigenvalue weighted by Crippen LogP contribution is -2.30. The van der Waals surface area contributed by atoms with Gasteiger partial charge >= 0.3 is 35.8 Å². The smallest absolute Gasteiger partial charge is 0.343 e. The second-order valence-corrected chi connectivity index (χ2v) is 13.5. The van der Waals surface area contributed by atoms with Crippen molar-refractivity contribution >= 4 is 35.8 Å². The van der Waals surface area contributed by atoms with Crippen LogP contribution in [0.1, 0.15) is 84.9 Å². The van der Waals surface area contributed by atoms with Crippen molar-refractivity contribution in [2.24, 2.45) is 11.8 Å². The molecular weight excluding hydrogens is 764 g/mol. The van der Waals surface area contributed by atoms with E-state index in [0.29, 0.717) is 75.6 Å². The van der Waals surface area contributed by atoms with Crippen molar-refractivity contribution in [3.8, 4) is 28.7 Å². The number of rotatable bonds is 23. The SMILES string of the molecule is C=CC(=O)OCCCCCCOc1ccc(OC(=O)C2CCC(C(=O)Oc3ccc(OC(=O)c4ccc(OCCCCOC(=O)C=C)cc4)c(C(=O)OC)c3)CC2)cc1. The zero-order valence-corrected chi connectivity index (χ0v) is 33.2. The predicted octanol–water partition coefficient (Wildman–Crippen LogP) is 7.57. The molecule has 1 aliphatic rings. The number of ether oxygens (including phenoxy) is 8. The van der Waals surface area contributed by atoms with E-state index in [1.54, 1.807) is 36.4 Å². The summed E-state index contributed by atoms with van der Waals surface area (Å²) in [7, 11) is 1.17. The summed E-state index contributed by atoms with van der Waals surface area (Å²) in [5, 5.41) is 0. The molecule has 0 radical (unpaired) electrons. The molecule has 314 valence electrons. The van der Waals surface area contributed by atoms with E-state index in [9.17, 15) is 28.8 Å². The molecule has 0 aliphatic heterocycles. The average Bonchev–Trinajstić information content (AvgIpc) is 3.26. The molecule has 0 heterocycles. The number of carbonyl (C=O) groups excluding carboxylic acids is 6. The molecule has 0 atom stereocenters. The standard InChI is InChI=1S/C45H50O14/c1-4-40(46)55-28-9-7-6-8-26-53-35-20-22-36(23-21-35)57-42(48)31-12-14-32(15-13-31)43(49)58-37-24-25-39(38(30-37)45(51)52-3)59-44(50)33-16-18-34(19-17-33)54-27-10-11-29-56-41(47)5-2/h4-5,16-25,30-32H,1-2,6-15,26-29H2,3H3. The first-order valence-electron chi connectivity index (χ1n) is 19.5. The Balaban J connectivity index is 1.18. The van der Waals surface area contributed by atoms with Crippen molar-refractivity contribution in [3.05, 3.63) is 103 Å². The van der Waals surface area contributed by atoms with Crippen LogP contribution in [0.4, 0.5) is 0 Å². The largest absolute Gasteiger partial charge is 0.494 e. The van der Waals surface area contributed by atoms with Crippen molar-refractivity contribution < 1.29 is 66.7 Å². The minimum atomic E-state index is -0.802. The van der Waals surface area contributed by atoms with Gasteiger partial charge in [-0.2, -0.15) is 0 Å². The van der Waals surface area contributed by atoms with Gasteiger partial charge in [0.05, 0.1) is 50.9 Å². The molecule has 0 saturated heterocycles. The zero-order chi connectivity index (χ0) is 42.4. The van der Waals surface area contributed by atoms with E-state index in [1.165, 1.54) is 37.4 Å². The number of carbonyl (C=O) groups is 6. The Bertz CT molecular complexity index is 1890. The first kappa shape index (κ1) is 45.3. The highest BCUT2D eigenvalue weighted by molar-refractivity contribution is 5.96. The molecule has 14 heteroatoms. The Labute approximate surface area is 343 Å². The van der Waals surface area contributed by atoms with Gasteiger partial charge in [-0.05, 0) is 131 Å². The lowest BCUT2D eigenvalue weighted by Gasteiger charge is -2.25. The third-order valence-electron chi connectivity index (χ3n) is 9.24. The third-order valence-corrected chi connectivity index (χ3v) is 9.24. The third kappa shape index (κ3) is 15.4. The van der Waals surface area contributed by atoms with Gasteiger partial charge in [-0.25, -0.2) is 19.2 Å². The molecule has 0 aromatic heterocycles. The molecule has 0 amide bonds. The molecule has 1 fully saturated rings. The van der Waals surface area contributed by atoms with Crippen LogP contribution in [0.25, 0.3) is 0 Å². The highest BCUT2D eigenvalue weighted by Gasteiger charge is 2.32. The maximum Gasteiger partial charge on any atom is 0.343 e. The zero-order valence-electron chi connectivity index (χ0n) is 33.2. The van der Waals surface area contributed by atoms with E-state index in [1.807, 2.05) is 0 Å². The molecule has 14 nitrogen and oxygen atoms in total. The fourth-order valence-electron chi connectivity index (χ4n) is 5.95. The number of hydrogen-bond donors (Lipinski definition) is 0. The number of esters is 6. The van der Waals surface area contributed by atoms with E-state index in [0.717, 1.165) is 37.8 Å². The number of unbranched alkanes of at least 4 members (excludes halogenated alkanes) is 4. The van der Waals surface area contributed by atoms with Crippen LogP contribution in [0.5, 0.6) is 28.7 Å². The van der Waals surface area contributed by atoms with E-state index >= 15 is 0 Å². The van der Waals surface area contributed by atoms with Gasteiger partial charge in [-0.1, -0.05) is 13.2 Å². The summed E-state index contributed by atoms with van der Waals surface area (Å²) in [5.41, 5.74) is 0.0815. The topological polar surface area (TPSA) is 176 Å². The van der Waals surface area contributed by atoms with Crippen molar-refractivity contribution in [3.63, 3.8) is 0 Å². The molecule has 1 saturated carbocycles. The normalized spacial score (nSPS) is 14.5. The summed E-state index contributed by atoms with van der Waals surface area (Å²) in [5.74, 6) is -2.63. The maximum atomic E-state index is 13.1. The van der Waals surface area contributed by atoms with Crippen LogP contribution in [0.15, 0.2) is 92.0 Å². The van der Waals surface area contributed by atoms with Crippen LogP contribution in [-0.4, -0.2) is 69.4 Å². The number of benzene rings is 3. The molecular formula is C45H50O14. The molecule has 0 unspecified atom stereocenters. The Morgan fingerprint density at radius 3 is 1.51 bits per heavy atom. The Morgan fingerprint density at radius 2 is 0.983 bits per heavy atom. The quantitative estimate of drug-likeness (QED) is 0.0301. The van der Waals surface area contributed by atoms with E-state index < -0.39 is 35.8 Å². The summed E-state index contributed by atoms with van der Waals surface area (Å²) in [4.78, 5) is 73.8. The van der Waals surface area contributed by atoms with Gasteiger partial charge in [0.2, 0.25) is 0 Å². The molecule has 0 bridgehead atoms. The second kappa shape index (κ2) is 24.4. The first-order valence-corrected chi connectivity index (χ1v) is 19.5. The van der Waals surface area contributed by atoms with Gasteiger partial charge in [0.1, 0.15) is 34.3 Å². The Kier molecular flexibility index (Phi) is 18.7. The van der Waals surface area contributed by atoms with Crippen molar-refractivity contribution in [2.75, 3.05) is 33.5 Å². The summed E-state index contributed by atoms with van der Waals surface area (Å²) in [6.07, 6.45) is 8.65. The average molecular weight is 815 g/mol. The molecule has 3 aromatic carbocycles.